The van der Waals surface area contributed by atoms with Crippen LogP contribution in [-0.4, -0.2) is 32.0 Å². The molecular formula is C19H24F2N4. The molecule has 0 saturated carbocycles. The Morgan fingerprint density at radius 1 is 0.960 bits per heavy atom. The van der Waals surface area contributed by atoms with E-state index in [1.165, 1.54) is 11.6 Å². The number of guanidine groups is 1. The van der Waals surface area contributed by atoms with Crippen molar-refractivity contribution < 1.29 is 8.78 Å². The second kappa shape index (κ2) is 9.13. The average Bonchev–Trinajstić information content (AvgIpc) is 2.58. The maximum atomic E-state index is 13.7. The van der Waals surface area contributed by atoms with E-state index in [0.717, 1.165) is 24.2 Å². The van der Waals surface area contributed by atoms with Crippen molar-refractivity contribution in [2.75, 3.05) is 21.1 Å². The summed E-state index contributed by atoms with van der Waals surface area (Å²) < 4.78 is 26.9. The van der Waals surface area contributed by atoms with Gasteiger partial charge in [-0.3, -0.25) is 4.99 Å². The van der Waals surface area contributed by atoms with E-state index in [-0.39, 0.29) is 12.1 Å². The summed E-state index contributed by atoms with van der Waals surface area (Å²) in [5, 5.41) is 6.21. The van der Waals surface area contributed by atoms with Gasteiger partial charge in [0.05, 0.1) is 0 Å². The van der Waals surface area contributed by atoms with Crippen molar-refractivity contribution in [3.05, 3.63) is 70.8 Å². The Labute approximate surface area is 147 Å². The van der Waals surface area contributed by atoms with E-state index in [1.807, 2.05) is 26.2 Å². The fourth-order valence-corrected chi connectivity index (χ4v) is 2.48. The van der Waals surface area contributed by atoms with Crippen LogP contribution in [-0.2, 0) is 19.6 Å². The molecule has 0 aliphatic heterocycles. The minimum absolute atomic E-state index is 0.155. The van der Waals surface area contributed by atoms with Crippen LogP contribution in [0, 0.1) is 11.6 Å². The molecule has 2 aromatic carbocycles. The Kier molecular flexibility index (Phi) is 6.89. The lowest BCUT2D eigenvalue weighted by molar-refractivity contribution is 0.400. The first kappa shape index (κ1) is 18.9. The maximum absolute atomic E-state index is 13.7. The van der Waals surface area contributed by atoms with Crippen molar-refractivity contribution >= 4 is 5.96 Å². The Balaban J connectivity index is 1.96. The van der Waals surface area contributed by atoms with Crippen molar-refractivity contribution in [2.45, 2.75) is 19.6 Å². The molecular weight excluding hydrogens is 322 g/mol. The number of benzene rings is 2. The van der Waals surface area contributed by atoms with Gasteiger partial charge in [-0.05, 0) is 43.4 Å². The Bertz CT molecular complexity index is 729. The summed E-state index contributed by atoms with van der Waals surface area (Å²) in [6, 6.07) is 11.6. The first-order chi connectivity index (χ1) is 12.0. The van der Waals surface area contributed by atoms with Crippen molar-refractivity contribution in [3.8, 4) is 0 Å². The summed E-state index contributed by atoms with van der Waals surface area (Å²) in [6.07, 6.45) is 0. The predicted molar refractivity (Wildman–Crippen MR) is 97.2 cm³/mol. The lowest BCUT2D eigenvalue weighted by Gasteiger charge is -2.16. The summed E-state index contributed by atoms with van der Waals surface area (Å²) >= 11 is 0. The minimum Gasteiger partial charge on any atom is -0.352 e. The lowest BCUT2D eigenvalue weighted by Crippen LogP contribution is -2.36. The molecule has 0 spiro atoms. The quantitative estimate of drug-likeness (QED) is 0.624. The molecule has 0 aromatic heterocycles. The summed E-state index contributed by atoms with van der Waals surface area (Å²) in [4.78, 5) is 6.24. The summed E-state index contributed by atoms with van der Waals surface area (Å²) in [6.45, 7) is 1.59. The number of nitrogens with one attached hydrogen (secondary N) is 2. The molecule has 4 nitrogen and oxygen atoms in total. The number of halogens is 2. The third-order valence-corrected chi connectivity index (χ3v) is 3.73. The SMILES string of the molecule is CN=C(NCc1cc(F)ccc1F)NCc1ccccc1CN(C)C. The highest BCUT2D eigenvalue weighted by Crippen LogP contribution is 2.11. The van der Waals surface area contributed by atoms with Gasteiger partial charge in [0, 0.05) is 32.2 Å². The van der Waals surface area contributed by atoms with E-state index >= 15 is 0 Å². The highest BCUT2D eigenvalue weighted by molar-refractivity contribution is 5.79. The zero-order chi connectivity index (χ0) is 18.2. The van der Waals surface area contributed by atoms with Gasteiger partial charge < -0.3 is 15.5 Å². The van der Waals surface area contributed by atoms with Gasteiger partial charge >= 0.3 is 0 Å². The van der Waals surface area contributed by atoms with Crippen LogP contribution in [0.4, 0.5) is 8.78 Å². The number of hydrogen-bond donors (Lipinski definition) is 2. The predicted octanol–water partition coefficient (Wildman–Crippen LogP) is 2.89. The molecule has 0 atom stereocenters. The summed E-state index contributed by atoms with van der Waals surface area (Å²) in [5.41, 5.74) is 2.65. The summed E-state index contributed by atoms with van der Waals surface area (Å²) in [7, 11) is 5.69. The van der Waals surface area contributed by atoms with Gasteiger partial charge in [0.15, 0.2) is 5.96 Å². The molecule has 0 aliphatic rings. The highest BCUT2D eigenvalue weighted by Gasteiger charge is 2.07. The number of hydrogen-bond acceptors (Lipinski definition) is 2. The largest absolute Gasteiger partial charge is 0.352 e. The van der Waals surface area contributed by atoms with Crippen LogP contribution in [0.2, 0.25) is 0 Å². The van der Waals surface area contributed by atoms with Gasteiger partial charge in [-0.25, -0.2) is 8.78 Å². The third-order valence-electron chi connectivity index (χ3n) is 3.73. The second-order valence-corrected chi connectivity index (χ2v) is 6.02. The molecule has 0 bridgehead atoms. The van der Waals surface area contributed by atoms with Crippen LogP contribution in [0.3, 0.4) is 0 Å². The fraction of sp³-hybridized carbons (Fsp3) is 0.316. The van der Waals surface area contributed by atoms with E-state index in [1.54, 1.807) is 7.05 Å². The first-order valence-corrected chi connectivity index (χ1v) is 8.09. The average molecular weight is 346 g/mol. The zero-order valence-electron chi connectivity index (χ0n) is 14.8. The van der Waals surface area contributed by atoms with Crippen LogP contribution in [0.25, 0.3) is 0 Å². The van der Waals surface area contributed by atoms with Gasteiger partial charge in [-0.15, -0.1) is 0 Å². The highest BCUT2D eigenvalue weighted by atomic mass is 19.1. The van der Waals surface area contributed by atoms with E-state index in [9.17, 15) is 8.78 Å². The topological polar surface area (TPSA) is 39.7 Å². The van der Waals surface area contributed by atoms with E-state index in [2.05, 4.69) is 32.7 Å². The van der Waals surface area contributed by atoms with Gasteiger partial charge in [-0.2, -0.15) is 0 Å². The molecule has 0 radical (unpaired) electrons. The minimum atomic E-state index is -0.459. The van der Waals surface area contributed by atoms with E-state index < -0.39 is 11.6 Å². The Hall–Kier alpha value is -2.47. The zero-order valence-corrected chi connectivity index (χ0v) is 14.8. The van der Waals surface area contributed by atoms with Crippen molar-refractivity contribution in [1.29, 1.82) is 0 Å². The van der Waals surface area contributed by atoms with Crippen LogP contribution < -0.4 is 10.6 Å². The number of aliphatic imine (C=N–C) groups is 1. The molecule has 134 valence electrons. The fourth-order valence-electron chi connectivity index (χ4n) is 2.48. The molecule has 2 N–H and O–H groups in total. The van der Waals surface area contributed by atoms with E-state index in [4.69, 9.17) is 0 Å². The van der Waals surface area contributed by atoms with Crippen LogP contribution in [0.1, 0.15) is 16.7 Å². The van der Waals surface area contributed by atoms with Crippen LogP contribution in [0.5, 0.6) is 0 Å². The molecule has 2 rings (SSSR count). The van der Waals surface area contributed by atoms with Crippen molar-refractivity contribution in [3.63, 3.8) is 0 Å². The maximum Gasteiger partial charge on any atom is 0.191 e. The van der Waals surface area contributed by atoms with Crippen molar-refractivity contribution in [2.24, 2.45) is 4.99 Å². The van der Waals surface area contributed by atoms with Gasteiger partial charge in [0.2, 0.25) is 0 Å². The normalized spacial score (nSPS) is 11.7. The molecule has 0 aliphatic carbocycles. The lowest BCUT2D eigenvalue weighted by atomic mass is 10.1. The molecule has 0 saturated heterocycles. The Morgan fingerprint density at radius 2 is 1.60 bits per heavy atom. The van der Waals surface area contributed by atoms with Gasteiger partial charge in [0.1, 0.15) is 11.6 Å². The van der Waals surface area contributed by atoms with Crippen LogP contribution in [0.15, 0.2) is 47.5 Å². The standard InChI is InChI=1S/C19H24F2N4/c1-22-19(24-12-16-10-17(20)8-9-18(16)21)23-11-14-6-4-5-7-15(14)13-25(2)3/h4-10H,11-13H2,1-3H3,(H2,22,23,24). The third kappa shape index (κ3) is 5.83. The molecule has 0 amide bonds. The Morgan fingerprint density at radius 3 is 2.24 bits per heavy atom. The molecule has 6 heteroatoms. The molecule has 0 fully saturated rings. The number of nitrogens with zero attached hydrogens (tertiary/aromatic N) is 2. The number of rotatable bonds is 6. The monoisotopic (exact) mass is 346 g/mol. The van der Waals surface area contributed by atoms with Crippen LogP contribution >= 0.6 is 0 Å². The second-order valence-electron chi connectivity index (χ2n) is 6.02. The van der Waals surface area contributed by atoms with Crippen molar-refractivity contribution in [1.82, 2.24) is 15.5 Å². The van der Waals surface area contributed by atoms with E-state index in [0.29, 0.717) is 12.5 Å². The van der Waals surface area contributed by atoms with Gasteiger partial charge in [0.25, 0.3) is 0 Å². The molecule has 2 aromatic rings. The first-order valence-electron chi connectivity index (χ1n) is 8.09. The molecule has 0 heterocycles. The molecule has 25 heavy (non-hydrogen) atoms. The smallest absolute Gasteiger partial charge is 0.191 e. The van der Waals surface area contributed by atoms with Gasteiger partial charge in [-0.1, -0.05) is 24.3 Å². The molecule has 0 unspecified atom stereocenters. The summed E-state index contributed by atoms with van der Waals surface area (Å²) in [5.74, 6) is -0.372.